The van der Waals surface area contributed by atoms with Crippen LogP contribution in [0.15, 0.2) is 24.3 Å². The molecule has 1 aromatic heterocycles. The minimum atomic E-state index is -0.296. The monoisotopic (exact) mass is 354 g/mol. The molecule has 0 saturated carbocycles. The molecule has 136 valence electrons. The van der Waals surface area contributed by atoms with Gasteiger partial charge >= 0.3 is 0 Å². The van der Waals surface area contributed by atoms with Crippen LogP contribution in [0.1, 0.15) is 47.8 Å². The van der Waals surface area contributed by atoms with Gasteiger partial charge in [-0.15, -0.1) is 0 Å². The van der Waals surface area contributed by atoms with Gasteiger partial charge in [-0.05, 0) is 38.8 Å². The Morgan fingerprint density at radius 1 is 1.27 bits per heavy atom. The number of aryl methyl sites for hydroxylation is 1. The molecule has 0 spiro atoms. The largest absolute Gasteiger partial charge is 0.316 e. The van der Waals surface area contributed by atoms with Crippen molar-refractivity contribution in [2.24, 2.45) is 0 Å². The van der Waals surface area contributed by atoms with Crippen molar-refractivity contribution < 1.29 is 9.18 Å². The third-order valence-corrected chi connectivity index (χ3v) is 5.30. The van der Waals surface area contributed by atoms with E-state index in [0.717, 1.165) is 43.0 Å². The van der Waals surface area contributed by atoms with Gasteiger partial charge in [-0.3, -0.25) is 9.69 Å². The molecule has 1 unspecified atom stereocenters. The zero-order chi connectivity index (χ0) is 18.1. The summed E-state index contributed by atoms with van der Waals surface area (Å²) in [5.41, 5.74) is 2.45. The van der Waals surface area contributed by atoms with E-state index in [1.807, 2.05) is 6.92 Å². The molecule has 26 heavy (non-hydrogen) atoms. The summed E-state index contributed by atoms with van der Waals surface area (Å²) in [6.07, 6.45) is 3.21. The Kier molecular flexibility index (Phi) is 4.68. The van der Waals surface area contributed by atoms with E-state index in [-0.39, 0.29) is 24.2 Å². The topological polar surface area (TPSA) is 58.1 Å². The maximum Gasteiger partial charge on any atom is 0.228 e. The van der Waals surface area contributed by atoms with Crippen molar-refractivity contribution in [2.75, 3.05) is 18.0 Å². The fraction of sp³-hybridized carbons (Fsp3) is 0.450. The SMILES string of the molecule is Cc1nc(C2CCCNC2)nc2c1CCC(=O)N2Cc1ccccc1F. The zero-order valence-corrected chi connectivity index (χ0v) is 15.0. The molecule has 1 N–H and O–H groups in total. The lowest BCUT2D eigenvalue weighted by atomic mass is 9.97. The van der Waals surface area contributed by atoms with Gasteiger partial charge in [-0.1, -0.05) is 18.2 Å². The van der Waals surface area contributed by atoms with E-state index in [9.17, 15) is 9.18 Å². The minimum Gasteiger partial charge on any atom is -0.316 e. The lowest BCUT2D eigenvalue weighted by molar-refractivity contribution is -0.119. The minimum absolute atomic E-state index is 0.00780. The Labute approximate surface area is 152 Å². The highest BCUT2D eigenvalue weighted by molar-refractivity contribution is 5.95. The molecule has 1 atom stereocenters. The molecule has 6 heteroatoms. The highest BCUT2D eigenvalue weighted by atomic mass is 19.1. The zero-order valence-electron chi connectivity index (χ0n) is 15.0. The summed E-state index contributed by atoms with van der Waals surface area (Å²) in [6, 6.07) is 6.59. The second-order valence-corrected chi connectivity index (χ2v) is 7.08. The highest BCUT2D eigenvalue weighted by Crippen LogP contribution is 2.32. The van der Waals surface area contributed by atoms with Crippen molar-refractivity contribution >= 4 is 11.7 Å². The van der Waals surface area contributed by atoms with Crippen molar-refractivity contribution in [3.8, 4) is 0 Å². The number of amides is 1. The van der Waals surface area contributed by atoms with Gasteiger partial charge in [-0.25, -0.2) is 14.4 Å². The van der Waals surface area contributed by atoms with Crippen molar-refractivity contribution in [1.29, 1.82) is 0 Å². The number of benzene rings is 1. The summed E-state index contributed by atoms with van der Waals surface area (Å²) in [5, 5.41) is 3.39. The van der Waals surface area contributed by atoms with Gasteiger partial charge < -0.3 is 5.32 Å². The van der Waals surface area contributed by atoms with E-state index in [4.69, 9.17) is 9.97 Å². The van der Waals surface area contributed by atoms with Crippen LogP contribution in [0, 0.1) is 12.7 Å². The van der Waals surface area contributed by atoms with Crippen LogP contribution in [0.5, 0.6) is 0 Å². The van der Waals surface area contributed by atoms with Crippen molar-refractivity contribution in [2.45, 2.75) is 45.1 Å². The number of hydrogen-bond acceptors (Lipinski definition) is 4. The first-order valence-corrected chi connectivity index (χ1v) is 9.25. The number of carbonyl (C=O) groups is 1. The molecular formula is C20H23FN4O. The molecule has 0 bridgehead atoms. The maximum atomic E-state index is 14.1. The van der Waals surface area contributed by atoms with Gasteiger partial charge in [0.2, 0.25) is 5.91 Å². The molecule has 2 aromatic rings. The van der Waals surface area contributed by atoms with Gasteiger partial charge in [0, 0.05) is 35.7 Å². The first-order valence-electron chi connectivity index (χ1n) is 9.25. The summed E-state index contributed by atoms with van der Waals surface area (Å²) < 4.78 is 14.1. The second kappa shape index (κ2) is 7.11. The average Bonchev–Trinajstić information content (AvgIpc) is 2.66. The second-order valence-electron chi connectivity index (χ2n) is 7.08. The van der Waals surface area contributed by atoms with Crippen LogP contribution < -0.4 is 10.2 Å². The van der Waals surface area contributed by atoms with Gasteiger partial charge in [0.15, 0.2) is 0 Å². The maximum absolute atomic E-state index is 14.1. The molecule has 1 aromatic carbocycles. The average molecular weight is 354 g/mol. The molecule has 0 aliphatic carbocycles. The summed E-state index contributed by atoms with van der Waals surface area (Å²) in [4.78, 5) is 23.8. The highest BCUT2D eigenvalue weighted by Gasteiger charge is 2.30. The molecule has 0 radical (unpaired) electrons. The molecule has 2 aliphatic rings. The molecule has 5 nitrogen and oxygen atoms in total. The smallest absolute Gasteiger partial charge is 0.228 e. The lowest BCUT2D eigenvalue weighted by Crippen LogP contribution is -2.37. The van der Waals surface area contributed by atoms with Gasteiger partial charge in [0.1, 0.15) is 17.5 Å². The quantitative estimate of drug-likeness (QED) is 0.921. The summed E-state index contributed by atoms with van der Waals surface area (Å²) in [7, 11) is 0. The van der Waals surface area contributed by atoms with Gasteiger partial charge in [-0.2, -0.15) is 0 Å². The van der Waals surface area contributed by atoms with E-state index >= 15 is 0 Å². The van der Waals surface area contributed by atoms with E-state index < -0.39 is 0 Å². The van der Waals surface area contributed by atoms with Crippen LogP contribution >= 0.6 is 0 Å². The van der Waals surface area contributed by atoms with Crippen molar-refractivity contribution in [3.63, 3.8) is 0 Å². The summed E-state index contributed by atoms with van der Waals surface area (Å²) in [5.74, 6) is 1.42. The number of nitrogens with one attached hydrogen (secondary N) is 1. The van der Waals surface area contributed by atoms with Crippen molar-refractivity contribution in [3.05, 3.63) is 52.7 Å². The number of halogens is 1. The van der Waals surface area contributed by atoms with Crippen LogP contribution in [0.25, 0.3) is 0 Å². The van der Waals surface area contributed by atoms with Crippen LogP contribution in [0.2, 0.25) is 0 Å². The fourth-order valence-electron chi connectivity index (χ4n) is 3.82. The van der Waals surface area contributed by atoms with Gasteiger partial charge in [0.05, 0.1) is 6.54 Å². The molecule has 2 aliphatic heterocycles. The summed E-state index contributed by atoms with van der Waals surface area (Å²) >= 11 is 0. The molecule has 1 fully saturated rings. The Balaban J connectivity index is 1.72. The van der Waals surface area contributed by atoms with E-state index in [1.54, 1.807) is 23.1 Å². The normalized spacial score (nSPS) is 20.2. The molecule has 4 rings (SSSR count). The summed E-state index contributed by atoms with van der Waals surface area (Å²) in [6.45, 7) is 4.08. The Morgan fingerprint density at radius 2 is 2.12 bits per heavy atom. The number of aromatic nitrogens is 2. The third-order valence-electron chi connectivity index (χ3n) is 5.30. The lowest BCUT2D eigenvalue weighted by Gasteiger charge is -2.31. The van der Waals surface area contributed by atoms with Gasteiger partial charge in [0.25, 0.3) is 0 Å². The predicted octanol–water partition coefficient (Wildman–Crippen LogP) is 2.87. The number of anilines is 1. The third kappa shape index (κ3) is 3.21. The Hall–Kier alpha value is -2.34. The Bertz CT molecular complexity index is 833. The first-order chi connectivity index (χ1) is 12.6. The van der Waals surface area contributed by atoms with E-state index in [0.29, 0.717) is 24.2 Å². The van der Waals surface area contributed by atoms with Crippen LogP contribution in [0.3, 0.4) is 0 Å². The first kappa shape index (κ1) is 17.1. The predicted molar refractivity (Wildman–Crippen MR) is 97.5 cm³/mol. The molecule has 1 amide bonds. The number of rotatable bonds is 3. The number of nitrogens with zero attached hydrogens (tertiary/aromatic N) is 3. The molecule has 1 saturated heterocycles. The number of hydrogen-bond donors (Lipinski definition) is 1. The number of piperidine rings is 1. The number of fused-ring (bicyclic) bond motifs is 1. The number of carbonyl (C=O) groups excluding carboxylic acids is 1. The fourth-order valence-corrected chi connectivity index (χ4v) is 3.82. The van der Waals surface area contributed by atoms with E-state index in [2.05, 4.69) is 5.32 Å². The standard InChI is InChI=1S/C20H23FN4O/c1-13-16-8-9-18(26)25(12-15-5-2-3-7-17(15)21)20(16)24-19(23-13)14-6-4-10-22-11-14/h2-3,5,7,14,22H,4,6,8-12H2,1H3. The van der Waals surface area contributed by atoms with Crippen LogP contribution in [-0.2, 0) is 17.8 Å². The van der Waals surface area contributed by atoms with Crippen LogP contribution in [0.4, 0.5) is 10.2 Å². The Morgan fingerprint density at radius 3 is 2.88 bits per heavy atom. The van der Waals surface area contributed by atoms with E-state index in [1.165, 1.54) is 6.07 Å². The van der Waals surface area contributed by atoms with Crippen molar-refractivity contribution in [1.82, 2.24) is 15.3 Å². The molecule has 3 heterocycles. The molecular weight excluding hydrogens is 331 g/mol. The van der Waals surface area contributed by atoms with Crippen LogP contribution in [-0.4, -0.2) is 29.0 Å².